The van der Waals surface area contributed by atoms with Gasteiger partial charge in [0.15, 0.2) is 0 Å². The van der Waals surface area contributed by atoms with Gasteiger partial charge in [-0.25, -0.2) is 0 Å². The Balaban J connectivity index is 1.63. The molecule has 2 amide bonds. The van der Waals surface area contributed by atoms with E-state index in [0.717, 1.165) is 16.7 Å². The highest BCUT2D eigenvalue weighted by atomic mass is 16.5. The molecule has 0 aliphatic carbocycles. The molecule has 6 heteroatoms. The van der Waals surface area contributed by atoms with Gasteiger partial charge in [0.2, 0.25) is 0 Å². The summed E-state index contributed by atoms with van der Waals surface area (Å²) in [6, 6.07) is 29.0. The molecule has 0 aliphatic heterocycles. The van der Waals surface area contributed by atoms with Crippen LogP contribution < -0.4 is 21.1 Å². The summed E-state index contributed by atoms with van der Waals surface area (Å²) in [7, 11) is 1.61. The summed E-state index contributed by atoms with van der Waals surface area (Å²) in [5, 5.41) is 5.79. The Kier molecular flexibility index (Phi) is 7.46. The highest BCUT2D eigenvalue weighted by molar-refractivity contribution is 6.29. The molecule has 0 saturated heterocycles. The average molecular weight is 478 g/mol. The van der Waals surface area contributed by atoms with Crippen molar-refractivity contribution < 1.29 is 14.3 Å². The van der Waals surface area contributed by atoms with Crippen LogP contribution in [-0.4, -0.2) is 18.9 Å². The summed E-state index contributed by atoms with van der Waals surface area (Å²) in [4.78, 5) is 26.0. The van der Waals surface area contributed by atoms with E-state index in [-0.39, 0.29) is 11.8 Å². The van der Waals surface area contributed by atoms with Crippen LogP contribution in [0.2, 0.25) is 0 Å². The van der Waals surface area contributed by atoms with E-state index in [9.17, 15) is 9.59 Å². The van der Waals surface area contributed by atoms with E-state index < -0.39 is 0 Å². The van der Waals surface area contributed by atoms with Crippen molar-refractivity contribution in [2.75, 3.05) is 23.5 Å². The zero-order chi connectivity index (χ0) is 25.5. The Bertz CT molecular complexity index is 1410. The second-order valence-corrected chi connectivity index (χ2v) is 8.22. The number of para-hydroxylation sites is 3. The van der Waals surface area contributed by atoms with Crippen LogP contribution in [0, 0.1) is 6.92 Å². The number of ether oxygens (including phenoxy) is 1. The Morgan fingerprint density at radius 2 is 1.53 bits per heavy atom. The first-order valence-electron chi connectivity index (χ1n) is 11.4. The Morgan fingerprint density at radius 3 is 2.19 bits per heavy atom. The van der Waals surface area contributed by atoms with Crippen LogP contribution in [0.5, 0.6) is 5.75 Å². The first kappa shape index (κ1) is 24.3. The number of nitrogens with two attached hydrogens (primary N) is 1. The SMILES string of the molecule is COc1ccc(/C(=C\c2ccc(C(=O)Nc3ccccc3N)cc2)C(=O)Nc2ccccc2)c(C)c1. The lowest BCUT2D eigenvalue weighted by atomic mass is 9.97. The smallest absolute Gasteiger partial charge is 0.256 e. The Morgan fingerprint density at radius 1 is 0.833 bits per heavy atom. The van der Waals surface area contributed by atoms with Crippen molar-refractivity contribution in [3.05, 3.63) is 119 Å². The fourth-order valence-corrected chi connectivity index (χ4v) is 3.75. The lowest BCUT2D eigenvalue weighted by Crippen LogP contribution is -2.14. The van der Waals surface area contributed by atoms with Gasteiger partial charge in [0.05, 0.1) is 18.5 Å². The van der Waals surface area contributed by atoms with Gasteiger partial charge in [0.25, 0.3) is 11.8 Å². The number of benzene rings is 4. The minimum Gasteiger partial charge on any atom is -0.497 e. The topological polar surface area (TPSA) is 93.4 Å². The van der Waals surface area contributed by atoms with Crippen molar-refractivity contribution in [3.63, 3.8) is 0 Å². The normalized spacial score (nSPS) is 11.0. The molecule has 4 aromatic carbocycles. The van der Waals surface area contributed by atoms with E-state index in [1.165, 1.54) is 0 Å². The number of rotatable bonds is 7. The lowest BCUT2D eigenvalue weighted by molar-refractivity contribution is -0.111. The van der Waals surface area contributed by atoms with Gasteiger partial charge in [-0.3, -0.25) is 9.59 Å². The van der Waals surface area contributed by atoms with Gasteiger partial charge in [0.1, 0.15) is 5.75 Å². The maximum Gasteiger partial charge on any atom is 0.256 e. The van der Waals surface area contributed by atoms with Crippen molar-refractivity contribution in [2.45, 2.75) is 6.92 Å². The van der Waals surface area contributed by atoms with E-state index in [2.05, 4.69) is 10.6 Å². The largest absolute Gasteiger partial charge is 0.497 e. The summed E-state index contributed by atoms with van der Waals surface area (Å²) in [5.74, 6) is 0.209. The number of nitrogen functional groups attached to an aromatic ring is 1. The van der Waals surface area contributed by atoms with Gasteiger partial charge in [0, 0.05) is 16.8 Å². The predicted molar refractivity (Wildman–Crippen MR) is 146 cm³/mol. The summed E-state index contributed by atoms with van der Waals surface area (Å²) < 4.78 is 5.32. The summed E-state index contributed by atoms with van der Waals surface area (Å²) in [5.41, 5.74) is 11.1. The quantitative estimate of drug-likeness (QED) is 0.172. The number of nitrogens with one attached hydrogen (secondary N) is 2. The first-order valence-corrected chi connectivity index (χ1v) is 11.4. The molecule has 4 rings (SSSR count). The maximum atomic E-state index is 13.3. The molecule has 180 valence electrons. The third-order valence-electron chi connectivity index (χ3n) is 5.69. The highest BCUT2D eigenvalue weighted by Crippen LogP contribution is 2.27. The zero-order valence-corrected chi connectivity index (χ0v) is 20.1. The molecule has 4 N–H and O–H groups in total. The minimum atomic E-state index is -0.267. The molecular formula is C30H27N3O3. The van der Waals surface area contributed by atoms with E-state index in [1.54, 1.807) is 43.5 Å². The maximum absolute atomic E-state index is 13.3. The molecule has 0 unspecified atom stereocenters. The molecule has 0 atom stereocenters. The molecule has 0 saturated carbocycles. The summed E-state index contributed by atoms with van der Waals surface area (Å²) >= 11 is 0. The van der Waals surface area contributed by atoms with Crippen LogP contribution in [0.3, 0.4) is 0 Å². The molecule has 0 spiro atoms. The fraction of sp³-hybridized carbons (Fsp3) is 0.0667. The molecule has 0 fully saturated rings. The monoisotopic (exact) mass is 477 g/mol. The van der Waals surface area contributed by atoms with Crippen molar-refractivity contribution in [3.8, 4) is 5.75 Å². The number of hydrogen-bond acceptors (Lipinski definition) is 4. The molecule has 0 aliphatic rings. The number of carbonyl (C=O) groups is 2. The standard InChI is InChI=1S/C30H27N3O3/c1-20-18-24(36-2)16-17-25(20)26(30(35)32-23-8-4-3-5-9-23)19-21-12-14-22(15-13-21)29(34)33-28-11-7-6-10-27(28)31/h3-19H,31H2,1-2H3,(H,32,35)(H,33,34)/b26-19+. The van der Waals surface area contributed by atoms with Gasteiger partial charge in [-0.1, -0.05) is 48.5 Å². The van der Waals surface area contributed by atoms with Crippen LogP contribution in [0.4, 0.5) is 17.1 Å². The predicted octanol–water partition coefficient (Wildman–Crippen LogP) is 6.02. The number of carbonyl (C=O) groups excluding carboxylic acids is 2. The molecule has 36 heavy (non-hydrogen) atoms. The van der Waals surface area contributed by atoms with Gasteiger partial charge in [-0.05, 0) is 78.2 Å². The van der Waals surface area contributed by atoms with Gasteiger partial charge in [-0.15, -0.1) is 0 Å². The van der Waals surface area contributed by atoms with E-state index in [4.69, 9.17) is 10.5 Å². The van der Waals surface area contributed by atoms with E-state index in [1.807, 2.05) is 73.7 Å². The van der Waals surface area contributed by atoms with Crippen molar-refractivity contribution >= 4 is 40.5 Å². The molecule has 6 nitrogen and oxygen atoms in total. The minimum absolute atomic E-state index is 0.240. The first-order chi connectivity index (χ1) is 17.4. The van der Waals surface area contributed by atoms with Crippen molar-refractivity contribution in [1.29, 1.82) is 0 Å². The highest BCUT2D eigenvalue weighted by Gasteiger charge is 2.16. The van der Waals surface area contributed by atoms with Crippen LogP contribution >= 0.6 is 0 Å². The lowest BCUT2D eigenvalue weighted by Gasteiger charge is -2.13. The second kappa shape index (κ2) is 11.1. The van der Waals surface area contributed by atoms with Crippen LogP contribution in [0.1, 0.15) is 27.0 Å². The van der Waals surface area contributed by atoms with Crippen LogP contribution in [0.25, 0.3) is 11.6 Å². The third kappa shape index (κ3) is 5.80. The fourth-order valence-electron chi connectivity index (χ4n) is 3.75. The van der Waals surface area contributed by atoms with E-state index >= 15 is 0 Å². The van der Waals surface area contributed by atoms with E-state index in [0.29, 0.717) is 33.9 Å². The molecule has 0 bridgehead atoms. The number of methoxy groups -OCH3 is 1. The molecule has 4 aromatic rings. The number of hydrogen-bond donors (Lipinski definition) is 3. The van der Waals surface area contributed by atoms with Crippen LogP contribution in [-0.2, 0) is 4.79 Å². The molecular weight excluding hydrogens is 450 g/mol. The Hall–Kier alpha value is -4.84. The number of amides is 2. The number of aryl methyl sites for hydroxylation is 1. The second-order valence-electron chi connectivity index (χ2n) is 8.22. The molecule has 0 radical (unpaired) electrons. The van der Waals surface area contributed by atoms with Crippen molar-refractivity contribution in [1.82, 2.24) is 0 Å². The summed E-state index contributed by atoms with van der Waals surface area (Å²) in [6.45, 7) is 1.93. The summed E-state index contributed by atoms with van der Waals surface area (Å²) in [6.07, 6.45) is 1.81. The molecule has 0 aromatic heterocycles. The third-order valence-corrected chi connectivity index (χ3v) is 5.69. The van der Waals surface area contributed by atoms with Gasteiger partial charge in [-0.2, -0.15) is 0 Å². The van der Waals surface area contributed by atoms with Gasteiger partial charge >= 0.3 is 0 Å². The van der Waals surface area contributed by atoms with Crippen molar-refractivity contribution in [2.24, 2.45) is 0 Å². The molecule has 0 heterocycles. The zero-order valence-electron chi connectivity index (χ0n) is 20.1. The number of anilines is 3. The Labute approximate surface area is 210 Å². The van der Waals surface area contributed by atoms with Gasteiger partial charge < -0.3 is 21.1 Å². The average Bonchev–Trinajstić information content (AvgIpc) is 2.89. The van der Waals surface area contributed by atoms with Crippen LogP contribution in [0.15, 0.2) is 97.1 Å².